The second-order valence-corrected chi connectivity index (χ2v) is 6.85. The normalized spacial score (nSPS) is 19.1. The Labute approximate surface area is 122 Å². The van der Waals surface area contributed by atoms with Crippen LogP contribution < -0.4 is 0 Å². The number of amides is 1. The highest BCUT2D eigenvalue weighted by Gasteiger charge is 2.26. The van der Waals surface area contributed by atoms with Gasteiger partial charge in [0.1, 0.15) is 5.82 Å². The molecule has 0 aromatic heterocycles. The standard InChI is InChI=1S/C15H19BrFNO/c1-15(2)6-3-8-18(9-7-15)14(19)12-5-4-11(16)10-13(12)17/h4-5,10H,3,6-9H2,1-2H3. The van der Waals surface area contributed by atoms with Crippen molar-refractivity contribution in [3.05, 3.63) is 34.1 Å². The van der Waals surface area contributed by atoms with Crippen LogP contribution in [0.4, 0.5) is 4.39 Å². The molecule has 0 N–H and O–H groups in total. The number of nitrogens with zero attached hydrogens (tertiary/aromatic N) is 1. The molecule has 1 heterocycles. The lowest BCUT2D eigenvalue weighted by Gasteiger charge is -2.23. The largest absolute Gasteiger partial charge is 0.339 e. The summed E-state index contributed by atoms with van der Waals surface area (Å²) in [5.74, 6) is -0.648. The Kier molecular flexibility index (Phi) is 4.29. The van der Waals surface area contributed by atoms with Crippen molar-refractivity contribution < 1.29 is 9.18 Å². The fraction of sp³-hybridized carbons (Fsp3) is 0.533. The molecule has 1 fully saturated rings. The van der Waals surface area contributed by atoms with Crippen LogP contribution in [0.2, 0.25) is 0 Å². The van der Waals surface area contributed by atoms with E-state index < -0.39 is 5.82 Å². The van der Waals surface area contributed by atoms with Gasteiger partial charge in [-0.25, -0.2) is 4.39 Å². The molecule has 1 saturated heterocycles. The Morgan fingerprint density at radius 2 is 2.05 bits per heavy atom. The zero-order valence-corrected chi connectivity index (χ0v) is 13.0. The Morgan fingerprint density at radius 1 is 1.32 bits per heavy atom. The van der Waals surface area contributed by atoms with Crippen molar-refractivity contribution in [2.24, 2.45) is 5.41 Å². The van der Waals surface area contributed by atoms with Crippen molar-refractivity contribution in [2.75, 3.05) is 13.1 Å². The number of carbonyl (C=O) groups is 1. The third-order valence-electron chi connectivity index (χ3n) is 3.79. The van der Waals surface area contributed by atoms with Crippen molar-refractivity contribution in [3.63, 3.8) is 0 Å². The summed E-state index contributed by atoms with van der Waals surface area (Å²) in [5.41, 5.74) is 0.440. The highest BCUT2D eigenvalue weighted by Crippen LogP contribution is 2.30. The average Bonchev–Trinajstić information content (AvgIpc) is 2.49. The molecule has 0 atom stereocenters. The van der Waals surface area contributed by atoms with Gasteiger partial charge in [-0.3, -0.25) is 4.79 Å². The number of rotatable bonds is 1. The maximum absolute atomic E-state index is 13.8. The highest BCUT2D eigenvalue weighted by molar-refractivity contribution is 9.10. The first kappa shape index (κ1) is 14.5. The van der Waals surface area contributed by atoms with E-state index in [0.717, 1.165) is 25.8 Å². The fourth-order valence-corrected chi connectivity index (χ4v) is 2.79. The summed E-state index contributed by atoms with van der Waals surface area (Å²) in [4.78, 5) is 14.1. The molecule has 1 aliphatic heterocycles. The molecule has 2 nitrogen and oxygen atoms in total. The van der Waals surface area contributed by atoms with Crippen molar-refractivity contribution in [2.45, 2.75) is 33.1 Å². The first-order chi connectivity index (χ1) is 8.89. The number of likely N-dealkylation sites (tertiary alicyclic amines) is 1. The van der Waals surface area contributed by atoms with E-state index in [-0.39, 0.29) is 16.9 Å². The van der Waals surface area contributed by atoms with Crippen molar-refractivity contribution in [3.8, 4) is 0 Å². The summed E-state index contributed by atoms with van der Waals surface area (Å²) in [6.07, 6.45) is 3.06. The maximum Gasteiger partial charge on any atom is 0.256 e. The predicted octanol–water partition coefficient (Wildman–Crippen LogP) is 4.24. The molecule has 1 aromatic rings. The van der Waals surface area contributed by atoms with Crippen LogP contribution in [0.1, 0.15) is 43.5 Å². The lowest BCUT2D eigenvalue weighted by atomic mass is 9.85. The van der Waals surface area contributed by atoms with Gasteiger partial charge in [0.2, 0.25) is 0 Å². The second kappa shape index (κ2) is 5.61. The predicted molar refractivity (Wildman–Crippen MR) is 77.6 cm³/mol. The summed E-state index contributed by atoms with van der Waals surface area (Å²) >= 11 is 3.20. The summed E-state index contributed by atoms with van der Waals surface area (Å²) in [5, 5.41) is 0. The van der Waals surface area contributed by atoms with Gasteiger partial charge in [-0.05, 0) is 42.9 Å². The zero-order chi connectivity index (χ0) is 14.0. The molecule has 0 radical (unpaired) electrons. The molecule has 0 bridgehead atoms. The monoisotopic (exact) mass is 327 g/mol. The third-order valence-corrected chi connectivity index (χ3v) is 4.28. The van der Waals surface area contributed by atoms with Crippen LogP contribution in [0, 0.1) is 11.2 Å². The van der Waals surface area contributed by atoms with Gasteiger partial charge in [-0.1, -0.05) is 29.8 Å². The number of halogens is 2. The zero-order valence-electron chi connectivity index (χ0n) is 11.4. The minimum Gasteiger partial charge on any atom is -0.339 e. The van der Waals surface area contributed by atoms with Gasteiger partial charge < -0.3 is 4.90 Å². The van der Waals surface area contributed by atoms with Crippen LogP contribution in [0.5, 0.6) is 0 Å². The molecular formula is C15H19BrFNO. The number of carbonyl (C=O) groups excluding carboxylic acids is 1. The minimum absolute atomic E-state index is 0.169. The molecule has 4 heteroatoms. The van der Waals surface area contributed by atoms with E-state index in [4.69, 9.17) is 0 Å². The van der Waals surface area contributed by atoms with Crippen LogP contribution >= 0.6 is 15.9 Å². The van der Waals surface area contributed by atoms with E-state index in [0.29, 0.717) is 11.0 Å². The number of hydrogen-bond donors (Lipinski definition) is 0. The fourth-order valence-electron chi connectivity index (χ4n) is 2.46. The average molecular weight is 328 g/mol. The summed E-state index contributed by atoms with van der Waals surface area (Å²) in [6, 6.07) is 4.60. The summed E-state index contributed by atoms with van der Waals surface area (Å²) < 4.78 is 14.5. The van der Waals surface area contributed by atoms with E-state index in [9.17, 15) is 9.18 Å². The summed E-state index contributed by atoms with van der Waals surface area (Å²) in [7, 11) is 0. The van der Waals surface area contributed by atoms with E-state index in [1.807, 2.05) is 0 Å². The van der Waals surface area contributed by atoms with E-state index >= 15 is 0 Å². The quantitative estimate of drug-likeness (QED) is 0.755. The van der Waals surface area contributed by atoms with Crippen LogP contribution in [-0.4, -0.2) is 23.9 Å². The Morgan fingerprint density at radius 3 is 2.74 bits per heavy atom. The van der Waals surface area contributed by atoms with E-state index in [1.54, 1.807) is 17.0 Å². The van der Waals surface area contributed by atoms with Gasteiger partial charge in [0.05, 0.1) is 5.56 Å². The molecule has 0 saturated carbocycles. The SMILES string of the molecule is CC1(C)CCCN(C(=O)c2ccc(Br)cc2F)CC1. The lowest BCUT2D eigenvalue weighted by molar-refractivity contribution is 0.0752. The smallest absolute Gasteiger partial charge is 0.256 e. The molecule has 0 spiro atoms. The van der Waals surface area contributed by atoms with Crippen molar-refractivity contribution in [1.82, 2.24) is 4.90 Å². The van der Waals surface area contributed by atoms with Gasteiger partial charge in [0, 0.05) is 17.6 Å². The molecular weight excluding hydrogens is 309 g/mol. The lowest BCUT2D eigenvalue weighted by Crippen LogP contribution is -2.33. The molecule has 2 rings (SSSR count). The van der Waals surface area contributed by atoms with Crippen molar-refractivity contribution in [1.29, 1.82) is 0 Å². The molecule has 1 aliphatic rings. The van der Waals surface area contributed by atoms with Crippen LogP contribution in [0.3, 0.4) is 0 Å². The third kappa shape index (κ3) is 3.56. The molecule has 1 aromatic carbocycles. The van der Waals surface area contributed by atoms with E-state index in [2.05, 4.69) is 29.8 Å². The number of hydrogen-bond acceptors (Lipinski definition) is 1. The van der Waals surface area contributed by atoms with Crippen LogP contribution in [-0.2, 0) is 0 Å². The first-order valence-electron chi connectivity index (χ1n) is 6.63. The molecule has 0 aliphatic carbocycles. The summed E-state index contributed by atoms with van der Waals surface area (Å²) in [6.45, 7) is 5.88. The molecule has 1 amide bonds. The topological polar surface area (TPSA) is 20.3 Å². The second-order valence-electron chi connectivity index (χ2n) is 5.93. The number of benzene rings is 1. The molecule has 0 unspecified atom stereocenters. The van der Waals surface area contributed by atoms with E-state index in [1.165, 1.54) is 6.07 Å². The maximum atomic E-state index is 13.8. The highest BCUT2D eigenvalue weighted by atomic mass is 79.9. The Balaban J connectivity index is 2.15. The van der Waals surface area contributed by atoms with Gasteiger partial charge in [0.15, 0.2) is 0 Å². The van der Waals surface area contributed by atoms with Gasteiger partial charge in [-0.15, -0.1) is 0 Å². The van der Waals surface area contributed by atoms with Gasteiger partial charge in [0.25, 0.3) is 5.91 Å². The molecule has 19 heavy (non-hydrogen) atoms. The Hall–Kier alpha value is -0.900. The van der Waals surface area contributed by atoms with Crippen molar-refractivity contribution >= 4 is 21.8 Å². The van der Waals surface area contributed by atoms with Gasteiger partial charge >= 0.3 is 0 Å². The van der Waals surface area contributed by atoms with Gasteiger partial charge in [-0.2, -0.15) is 0 Å². The van der Waals surface area contributed by atoms with Crippen LogP contribution in [0.15, 0.2) is 22.7 Å². The first-order valence-corrected chi connectivity index (χ1v) is 7.43. The Bertz CT molecular complexity index is 487. The molecule has 104 valence electrons. The van der Waals surface area contributed by atoms with Crippen LogP contribution in [0.25, 0.3) is 0 Å². The minimum atomic E-state index is -0.456.